The summed E-state index contributed by atoms with van der Waals surface area (Å²) in [5.74, 6) is 3.08. The molecule has 2 saturated carbocycles. The van der Waals surface area contributed by atoms with Crippen molar-refractivity contribution >= 4 is 0 Å². The highest BCUT2D eigenvalue weighted by Crippen LogP contribution is 2.46. The summed E-state index contributed by atoms with van der Waals surface area (Å²) in [6.45, 7) is 0. The van der Waals surface area contributed by atoms with E-state index < -0.39 is 0 Å². The van der Waals surface area contributed by atoms with Gasteiger partial charge in [0.25, 0.3) is 0 Å². The van der Waals surface area contributed by atoms with Crippen molar-refractivity contribution in [1.29, 1.82) is 0 Å². The Morgan fingerprint density at radius 3 is 1.73 bits per heavy atom. The molecule has 0 saturated heterocycles. The molecule has 3 rings (SSSR count). The molecular formula is C15H20. The molecule has 1 aromatic carbocycles. The number of hydrogen-bond acceptors (Lipinski definition) is 0. The van der Waals surface area contributed by atoms with Gasteiger partial charge in [0.1, 0.15) is 0 Å². The van der Waals surface area contributed by atoms with Gasteiger partial charge in [0.05, 0.1) is 0 Å². The standard InChI is InChI=1S/C15H20/c1-2-4-12(5-3-1)13-6-8-14(9-7-13)15-10-11-15/h1-5,13-15H,6-11H2. The lowest BCUT2D eigenvalue weighted by Crippen LogP contribution is -2.14. The van der Waals surface area contributed by atoms with E-state index in [1.807, 2.05) is 0 Å². The van der Waals surface area contributed by atoms with E-state index in [4.69, 9.17) is 0 Å². The minimum absolute atomic E-state index is 0.862. The molecule has 2 aliphatic rings. The van der Waals surface area contributed by atoms with Gasteiger partial charge in [0.2, 0.25) is 0 Å². The first-order chi connectivity index (χ1) is 7.43. The maximum absolute atomic E-state index is 2.31. The molecule has 2 aliphatic carbocycles. The second-order valence-electron chi connectivity index (χ2n) is 5.36. The van der Waals surface area contributed by atoms with Crippen LogP contribution in [0, 0.1) is 11.8 Å². The lowest BCUT2D eigenvalue weighted by molar-refractivity contribution is 0.296. The zero-order valence-corrected chi connectivity index (χ0v) is 9.36. The summed E-state index contributed by atoms with van der Waals surface area (Å²) in [5, 5.41) is 0. The van der Waals surface area contributed by atoms with Crippen LogP contribution in [0.1, 0.15) is 50.0 Å². The predicted molar refractivity (Wildman–Crippen MR) is 63.9 cm³/mol. The van der Waals surface area contributed by atoms with E-state index in [2.05, 4.69) is 30.3 Å². The van der Waals surface area contributed by atoms with Crippen molar-refractivity contribution in [3.8, 4) is 0 Å². The van der Waals surface area contributed by atoms with E-state index in [1.165, 1.54) is 38.5 Å². The molecular weight excluding hydrogens is 180 g/mol. The Hall–Kier alpha value is -0.780. The molecule has 0 bridgehead atoms. The quantitative estimate of drug-likeness (QED) is 0.665. The first-order valence-electron chi connectivity index (χ1n) is 6.48. The van der Waals surface area contributed by atoms with Crippen molar-refractivity contribution in [2.24, 2.45) is 11.8 Å². The van der Waals surface area contributed by atoms with Crippen LogP contribution in [-0.4, -0.2) is 0 Å². The molecule has 0 unspecified atom stereocenters. The van der Waals surface area contributed by atoms with Crippen LogP contribution in [0.4, 0.5) is 0 Å². The Morgan fingerprint density at radius 2 is 1.20 bits per heavy atom. The largest absolute Gasteiger partial charge is 0.0622 e. The third-order valence-corrected chi connectivity index (χ3v) is 4.33. The second-order valence-corrected chi connectivity index (χ2v) is 5.36. The molecule has 15 heavy (non-hydrogen) atoms. The molecule has 0 aliphatic heterocycles. The third-order valence-electron chi connectivity index (χ3n) is 4.33. The summed E-state index contributed by atoms with van der Waals surface area (Å²) in [5.41, 5.74) is 1.58. The molecule has 0 radical (unpaired) electrons. The summed E-state index contributed by atoms with van der Waals surface area (Å²) < 4.78 is 0. The van der Waals surface area contributed by atoms with Crippen molar-refractivity contribution in [3.63, 3.8) is 0 Å². The summed E-state index contributed by atoms with van der Waals surface area (Å²) in [6, 6.07) is 11.1. The first-order valence-corrected chi connectivity index (χ1v) is 6.48. The Morgan fingerprint density at radius 1 is 0.667 bits per heavy atom. The van der Waals surface area contributed by atoms with Gasteiger partial charge in [-0.2, -0.15) is 0 Å². The SMILES string of the molecule is c1ccc(C2CCC(C3CC3)CC2)cc1. The number of rotatable bonds is 2. The first kappa shape index (κ1) is 9.45. The van der Waals surface area contributed by atoms with Gasteiger partial charge in [0, 0.05) is 0 Å². The average molecular weight is 200 g/mol. The van der Waals surface area contributed by atoms with E-state index in [0.29, 0.717) is 0 Å². The van der Waals surface area contributed by atoms with E-state index in [1.54, 1.807) is 5.56 Å². The van der Waals surface area contributed by atoms with Crippen LogP contribution in [0.25, 0.3) is 0 Å². The van der Waals surface area contributed by atoms with E-state index >= 15 is 0 Å². The van der Waals surface area contributed by atoms with Gasteiger partial charge in [-0.15, -0.1) is 0 Å². The highest BCUT2D eigenvalue weighted by atomic mass is 14.4. The zero-order valence-electron chi connectivity index (χ0n) is 9.36. The Balaban J connectivity index is 1.61. The monoisotopic (exact) mass is 200 g/mol. The molecule has 2 fully saturated rings. The topological polar surface area (TPSA) is 0 Å². The zero-order chi connectivity index (χ0) is 10.1. The molecule has 0 aromatic heterocycles. The number of benzene rings is 1. The van der Waals surface area contributed by atoms with E-state index in [0.717, 1.165) is 17.8 Å². The minimum atomic E-state index is 0.862. The van der Waals surface area contributed by atoms with Gasteiger partial charge in [-0.3, -0.25) is 0 Å². The fourth-order valence-corrected chi connectivity index (χ4v) is 3.22. The smallest absolute Gasteiger partial charge is 0.0162 e. The fourth-order valence-electron chi connectivity index (χ4n) is 3.22. The minimum Gasteiger partial charge on any atom is -0.0622 e. The van der Waals surface area contributed by atoms with E-state index in [-0.39, 0.29) is 0 Å². The Labute approximate surface area is 92.7 Å². The molecule has 0 atom stereocenters. The van der Waals surface area contributed by atoms with Gasteiger partial charge in [-0.1, -0.05) is 30.3 Å². The molecule has 0 heteroatoms. The highest BCUT2D eigenvalue weighted by Gasteiger charge is 2.33. The van der Waals surface area contributed by atoms with Crippen LogP contribution < -0.4 is 0 Å². The molecule has 0 spiro atoms. The molecule has 0 N–H and O–H groups in total. The fraction of sp³-hybridized carbons (Fsp3) is 0.600. The summed E-state index contributed by atoms with van der Waals surface area (Å²) in [4.78, 5) is 0. The van der Waals surface area contributed by atoms with Crippen molar-refractivity contribution in [3.05, 3.63) is 35.9 Å². The summed E-state index contributed by atoms with van der Waals surface area (Å²) in [6.07, 6.45) is 8.91. The van der Waals surface area contributed by atoms with Crippen molar-refractivity contribution in [1.82, 2.24) is 0 Å². The highest BCUT2D eigenvalue weighted by molar-refractivity contribution is 5.19. The van der Waals surface area contributed by atoms with Gasteiger partial charge in [-0.25, -0.2) is 0 Å². The van der Waals surface area contributed by atoms with Crippen LogP contribution in [0.15, 0.2) is 30.3 Å². The van der Waals surface area contributed by atoms with Crippen LogP contribution >= 0.6 is 0 Å². The van der Waals surface area contributed by atoms with Crippen molar-refractivity contribution < 1.29 is 0 Å². The molecule has 0 nitrogen and oxygen atoms in total. The maximum Gasteiger partial charge on any atom is -0.0162 e. The molecule has 1 aromatic rings. The second kappa shape index (κ2) is 4.00. The van der Waals surface area contributed by atoms with Crippen LogP contribution in [0.3, 0.4) is 0 Å². The van der Waals surface area contributed by atoms with Gasteiger partial charge in [-0.05, 0) is 61.8 Å². The molecule has 80 valence electrons. The lowest BCUT2D eigenvalue weighted by atomic mass is 9.77. The maximum atomic E-state index is 2.31. The number of hydrogen-bond donors (Lipinski definition) is 0. The molecule has 0 amide bonds. The summed E-state index contributed by atoms with van der Waals surface area (Å²) >= 11 is 0. The Bertz CT molecular complexity index is 302. The lowest BCUT2D eigenvalue weighted by Gasteiger charge is -2.28. The van der Waals surface area contributed by atoms with E-state index in [9.17, 15) is 0 Å². The predicted octanol–water partition coefficient (Wildman–Crippen LogP) is 4.37. The average Bonchev–Trinajstić information content (AvgIpc) is 3.15. The van der Waals surface area contributed by atoms with Gasteiger partial charge in [0.15, 0.2) is 0 Å². The van der Waals surface area contributed by atoms with Crippen molar-refractivity contribution in [2.75, 3.05) is 0 Å². The van der Waals surface area contributed by atoms with Gasteiger partial charge >= 0.3 is 0 Å². The van der Waals surface area contributed by atoms with Crippen LogP contribution in [0.5, 0.6) is 0 Å². The normalized spacial score (nSPS) is 31.5. The van der Waals surface area contributed by atoms with Gasteiger partial charge < -0.3 is 0 Å². The summed E-state index contributed by atoms with van der Waals surface area (Å²) in [7, 11) is 0. The van der Waals surface area contributed by atoms with Crippen molar-refractivity contribution in [2.45, 2.75) is 44.4 Å². The Kier molecular flexibility index (Phi) is 2.52. The molecule has 0 heterocycles. The third kappa shape index (κ3) is 2.09. The van der Waals surface area contributed by atoms with Crippen LogP contribution in [0.2, 0.25) is 0 Å². The van der Waals surface area contributed by atoms with Crippen LogP contribution in [-0.2, 0) is 0 Å².